The van der Waals surface area contributed by atoms with E-state index in [0.29, 0.717) is 4.67 Å². The summed E-state index contributed by atoms with van der Waals surface area (Å²) in [6.07, 6.45) is 3.41. The average molecular weight is 284 g/mol. The molecule has 0 saturated carbocycles. The monoisotopic (exact) mass is 283 g/mol. The van der Waals surface area contributed by atoms with E-state index in [1.807, 2.05) is 6.92 Å². The van der Waals surface area contributed by atoms with Gasteiger partial charge in [0.1, 0.15) is 0 Å². The number of furan rings is 1. The highest BCUT2D eigenvalue weighted by molar-refractivity contribution is 9.10. The summed E-state index contributed by atoms with van der Waals surface area (Å²) in [5.74, 6) is 0.0293. The summed E-state index contributed by atoms with van der Waals surface area (Å²) in [5, 5.41) is 9.31. The van der Waals surface area contributed by atoms with E-state index in [1.165, 1.54) is 0 Å². The van der Waals surface area contributed by atoms with Gasteiger partial charge in [0.25, 0.3) is 5.91 Å². The number of hydrogen-bond acceptors (Lipinski definition) is 3. The SMILES string of the molecule is CC(NC(=O)c1ccc(Br)o1)c1cn[nH]c1. The van der Waals surface area contributed by atoms with Crippen molar-refractivity contribution in [1.29, 1.82) is 0 Å². The van der Waals surface area contributed by atoms with Gasteiger partial charge in [0, 0.05) is 11.8 Å². The lowest BCUT2D eigenvalue weighted by atomic mass is 10.2. The van der Waals surface area contributed by atoms with Crippen molar-refractivity contribution in [3.63, 3.8) is 0 Å². The summed E-state index contributed by atoms with van der Waals surface area (Å²) in [5.41, 5.74) is 0.916. The summed E-state index contributed by atoms with van der Waals surface area (Å²) in [4.78, 5) is 11.7. The van der Waals surface area contributed by atoms with Gasteiger partial charge in [0.15, 0.2) is 10.4 Å². The minimum atomic E-state index is -0.251. The Kier molecular flexibility index (Phi) is 3.09. The molecule has 2 aromatic rings. The van der Waals surface area contributed by atoms with Gasteiger partial charge in [-0.3, -0.25) is 9.89 Å². The molecular weight excluding hydrogens is 274 g/mol. The molecule has 16 heavy (non-hydrogen) atoms. The Bertz CT molecular complexity index is 478. The first-order valence-electron chi connectivity index (χ1n) is 4.71. The number of rotatable bonds is 3. The maximum atomic E-state index is 11.7. The molecule has 5 nitrogen and oxygen atoms in total. The van der Waals surface area contributed by atoms with E-state index in [-0.39, 0.29) is 17.7 Å². The van der Waals surface area contributed by atoms with Crippen molar-refractivity contribution in [3.05, 3.63) is 40.5 Å². The first-order chi connectivity index (χ1) is 7.66. The highest BCUT2D eigenvalue weighted by Crippen LogP contribution is 2.15. The summed E-state index contributed by atoms with van der Waals surface area (Å²) >= 11 is 3.14. The van der Waals surface area contributed by atoms with Crippen molar-refractivity contribution in [2.24, 2.45) is 0 Å². The van der Waals surface area contributed by atoms with Crippen molar-refractivity contribution in [3.8, 4) is 0 Å². The number of nitrogens with zero attached hydrogens (tertiary/aromatic N) is 1. The van der Waals surface area contributed by atoms with Gasteiger partial charge in [-0.2, -0.15) is 5.10 Å². The van der Waals surface area contributed by atoms with Crippen molar-refractivity contribution in [2.45, 2.75) is 13.0 Å². The van der Waals surface area contributed by atoms with Gasteiger partial charge in [-0.1, -0.05) is 0 Å². The maximum absolute atomic E-state index is 11.7. The van der Waals surface area contributed by atoms with Crippen molar-refractivity contribution in [2.75, 3.05) is 0 Å². The highest BCUT2D eigenvalue weighted by Gasteiger charge is 2.14. The standard InChI is InChI=1S/C10H10BrN3O2/c1-6(7-4-12-13-5-7)14-10(15)8-2-3-9(11)16-8/h2-6H,1H3,(H,12,13)(H,14,15). The molecule has 0 aliphatic rings. The summed E-state index contributed by atoms with van der Waals surface area (Å²) in [6.45, 7) is 1.88. The number of carbonyl (C=O) groups excluding carboxylic acids is 1. The lowest BCUT2D eigenvalue weighted by Crippen LogP contribution is -2.25. The van der Waals surface area contributed by atoms with E-state index in [9.17, 15) is 4.79 Å². The van der Waals surface area contributed by atoms with Gasteiger partial charge < -0.3 is 9.73 Å². The lowest BCUT2D eigenvalue weighted by Gasteiger charge is -2.10. The van der Waals surface area contributed by atoms with Gasteiger partial charge in [0.2, 0.25) is 0 Å². The minimum absolute atomic E-state index is 0.116. The second-order valence-electron chi connectivity index (χ2n) is 3.33. The smallest absolute Gasteiger partial charge is 0.287 e. The van der Waals surface area contributed by atoms with E-state index in [4.69, 9.17) is 4.42 Å². The fourth-order valence-electron chi connectivity index (χ4n) is 1.29. The van der Waals surface area contributed by atoms with Crippen LogP contribution in [-0.2, 0) is 0 Å². The molecule has 6 heteroatoms. The molecule has 0 spiro atoms. The predicted molar refractivity (Wildman–Crippen MR) is 60.9 cm³/mol. The molecule has 0 aliphatic carbocycles. The molecule has 1 unspecified atom stereocenters. The number of H-pyrrole nitrogens is 1. The molecule has 2 heterocycles. The van der Waals surface area contributed by atoms with Crippen LogP contribution in [-0.4, -0.2) is 16.1 Å². The summed E-state index contributed by atoms with van der Waals surface area (Å²) in [7, 11) is 0. The number of hydrogen-bond donors (Lipinski definition) is 2. The third-order valence-electron chi connectivity index (χ3n) is 2.16. The number of carbonyl (C=O) groups is 1. The summed E-state index contributed by atoms with van der Waals surface area (Å²) < 4.78 is 5.68. The molecule has 1 atom stereocenters. The predicted octanol–water partition coefficient (Wildman–Crippen LogP) is 2.26. The molecule has 0 aromatic carbocycles. The highest BCUT2D eigenvalue weighted by atomic mass is 79.9. The Balaban J connectivity index is 2.03. The summed E-state index contributed by atoms with van der Waals surface area (Å²) in [6, 6.07) is 3.17. The second kappa shape index (κ2) is 4.52. The van der Waals surface area contributed by atoms with Crippen LogP contribution in [0.15, 0.2) is 33.6 Å². The van der Waals surface area contributed by atoms with Gasteiger partial charge in [-0.05, 0) is 35.0 Å². The van der Waals surface area contributed by atoms with Crippen LogP contribution in [0.5, 0.6) is 0 Å². The van der Waals surface area contributed by atoms with Crippen LogP contribution in [0.4, 0.5) is 0 Å². The number of nitrogens with one attached hydrogen (secondary N) is 2. The van der Waals surface area contributed by atoms with E-state index in [0.717, 1.165) is 5.56 Å². The zero-order chi connectivity index (χ0) is 11.5. The van der Waals surface area contributed by atoms with Crippen LogP contribution in [0, 0.1) is 0 Å². The first-order valence-corrected chi connectivity index (χ1v) is 5.51. The third-order valence-corrected chi connectivity index (χ3v) is 2.59. The van der Waals surface area contributed by atoms with Gasteiger partial charge in [-0.15, -0.1) is 0 Å². The van der Waals surface area contributed by atoms with Gasteiger partial charge in [0.05, 0.1) is 12.2 Å². The molecule has 1 amide bonds. The molecule has 0 saturated heterocycles. The van der Waals surface area contributed by atoms with Gasteiger partial charge in [-0.25, -0.2) is 0 Å². The second-order valence-corrected chi connectivity index (χ2v) is 4.11. The molecule has 0 aliphatic heterocycles. The molecule has 84 valence electrons. The molecule has 0 bridgehead atoms. The molecule has 2 N–H and O–H groups in total. The van der Waals surface area contributed by atoms with Crippen LogP contribution >= 0.6 is 15.9 Å². The molecule has 2 aromatic heterocycles. The Morgan fingerprint density at radius 1 is 1.62 bits per heavy atom. The first kappa shape index (κ1) is 10.9. The number of halogens is 1. The van der Waals surface area contributed by atoms with Crippen LogP contribution in [0.2, 0.25) is 0 Å². The van der Waals surface area contributed by atoms with E-state index in [1.54, 1.807) is 24.5 Å². The van der Waals surface area contributed by atoms with E-state index in [2.05, 4.69) is 31.4 Å². The zero-order valence-corrected chi connectivity index (χ0v) is 10.1. The Hall–Kier alpha value is -1.56. The average Bonchev–Trinajstić information content (AvgIpc) is 2.87. The molecule has 0 fully saturated rings. The largest absolute Gasteiger partial charge is 0.444 e. The zero-order valence-electron chi connectivity index (χ0n) is 8.53. The number of amides is 1. The fourth-order valence-corrected chi connectivity index (χ4v) is 1.59. The van der Waals surface area contributed by atoms with Crippen LogP contribution in [0.1, 0.15) is 29.1 Å². The lowest BCUT2D eigenvalue weighted by molar-refractivity contribution is 0.0910. The van der Waals surface area contributed by atoms with Crippen molar-refractivity contribution < 1.29 is 9.21 Å². The number of aromatic nitrogens is 2. The number of aromatic amines is 1. The Morgan fingerprint density at radius 3 is 3.00 bits per heavy atom. The third kappa shape index (κ3) is 2.33. The van der Waals surface area contributed by atoms with E-state index >= 15 is 0 Å². The maximum Gasteiger partial charge on any atom is 0.287 e. The van der Waals surface area contributed by atoms with Crippen molar-refractivity contribution in [1.82, 2.24) is 15.5 Å². The van der Waals surface area contributed by atoms with Crippen LogP contribution < -0.4 is 5.32 Å². The normalized spacial score (nSPS) is 12.4. The fraction of sp³-hybridized carbons (Fsp3) is 0.200. The Morgan fingerprint density at radius 2 is 2.44 bits per heavy atom. The minimum Gasteiger partial charge on any atom is -0.444 e. The molecule has 0 radical (unpaired) electrons. The van der Waals surface area contributed by atoms with Crippen LogP contribution in [0.3, 0.4) is 0 Å². The van der Waals surface area contributed by atoms with Crippen molar-refractivity contribution >= 4 is 21.8 Å². The van der Waals surface area contributed by atoms with E-state index < -0.39 is 0 Å². The quantitative estimate of drug-likeness (QED) is 0.908. The molecular formula is C10H10BrN3O2. The van der Waals surface area contributed by atoms with Gasteiger partial charge >= 0.3 is 0 Å². The van der Waals surface area contributed by atoms with Crippen LogP contribution in [0.25, 0.3) is 0 Å². The Labute approximate surface area is 100 Å². The molecule has 2 rings (SSSR count). The topological polar surface area (TPSA) is 70.9 Å².